The maximum Gasteiger partial charge on any atom is 0.546 e. The van der Waals surface area contributed by atoms with E-state index in [9.17, 15) is 34.1 Å². The summed E-state index contributed by atoms with van der Waals surface area (Å²) in [5.74, 6) is -4.27. The molecule has 1 aromatic rings. The molecule has 2 heterocycles. The topological polar surface area (TPSA) is 192 Å². The van der Waals surface area contributed by atoms with Crippen LogP contribution in [0.25, 0.3) is 0 Å². The molecule has 0 radical (unpaired) electrons. The molecule has 2 unspecified atom stereocenters. The number of carbonyl (C=O) groups is 5. The Balaban J connectivity index is 1.72. The van der Waals surface area contributed by atoms with Crippen LogP contribution in [0.5, 0.6) is 5.75 Å². The molecule has 36 heavy (non-hydrogen) atoms. The fourth-order valence-electron chi connectivity index (χ4n) is 4.07. The van der Waals surface area contributed by atoms with E-state index in [4.69, 9.17) is 10.4 Å². The number of fused-ring (bicyclic) bond motifs is 1. The molecule has 6 N–H and O–H groups in total. The minimum atomic E-state index is -1.44. The van der Waals surface area contributed by atoms with Gasteiger partial charge in [-0.05, 0) is 31.4 Å². The fourth-order valence-corrected chi connectivity index (χ4v) is 4.07. The molecule has 0 aromatic heterocycles. The third-order valence-electron chi connectivity index (χ3n) is 6.05. The van der Waals surface area contributed by atoms with E-state index in [2.05, 4.69) is 17.2 Å². The maximum atomic E-state index is 12.8. The number of hydrogen-bond acceptors (Lipinski definition) is 8. The second kappa shape index (κ2) is 11.1. The van der Waals surface area contributed by atoms with E-state index >= 15 is 0 Å². The number of primary amides is 1. The molecule has 0 aliphatic carbocycles. The number of aromatic carboxylic acids is 1. The Morgan fingerprint density at radius 3 is 2.64 bits per heavy atom. The number of hydrogen-bond donors (Lipinski definition) is 5. The summed E-state index contributed by atoms with van der Waals surface area (Å²) in [5, 5.41) is 25.4. The molecule has 0 saturated carbocycles. The van der Waals surface area contributed by atoms with E-state index < -0.39 is 48.8 Å². The van der Waals surface area contributed by atoms with E-state index in [0.29, 0.717) is 12.1 Å². The predicted molar refractivity (Wildman–Crippen MR) is 126 cm³/mol. The van der Waals surface area contributed by atoms with Crippen molar-refractivity contribution in [3.63, 3.8) is 0 Å². The van der Waals surface area contributed by atoms with Crippen molar-refractivity contribution in [2.45, 2.75) is 38.2 Å². The summed E-state index contributed by atoms with van der Waals surface area (Å²) >= 11 is 0. The van der Waals surface area contributed by atoms with Crippen LogP contribution in [0.1, 0.15) is 35.7 Å². The highest BCUT2D eigenvalue weighted by Crippen LogP contribution is 2.30. The van der Waals surface area contributed by atoms with Gasteiger partial charge in [0.2, 0.25) is 5.91 Å². The van der Waals surface area contributed by atoms with Gasteiger partial charge >= 0.3 is 30.9 Å². The van der Waals surface area contributed by atoms with Crippen molar-refractivity contribution in [3.05, 3.63) is 41.6 Å². The average molecular weight is 501 g/mol. The Morgan fingerprint density at radius 1 is 1.28 bits per heavy atom. The Labute approximate surface area is 207 Å². The quantitative estimate of drug-likeness (QED) is 0.205. The summed E-state index contributed by atoms with van der Waals surface area (Å²) in [4.78, 5) is 62.3. The molecule has 2 aliphatic heterocycles. The predicted octanol–water partition coefficient (Wildman–Crippen LogP) is -1.15. The number of nitrogens with zero attached hydrogens (tertiary/aromatic N) is 2. The van der Waals surface area contributed by atoms with Gasteiger partial charge in [0.05, 0.1) is 17.5 Å². The number of nitrogens with two attached hydrogens (primary N) is 1. The Bertz CT molecular complexity index is 1100. The van der Waals surface area contributed by atoms with Crippen molar-refractivity contribution in [2.75, 3.05) is 19.6 Å². The van der Waals surface area contributed by atoms with Gasteiger partial charge in [-0.3, -0.25) is 19.3 Å². The smallest absolute Gasteiger partial charge is 0.534 e. The molecule has 5 amide bonds. The molecule has 1 aromatic carbocycles. The lowest BCUT2D eigenvalue weighted by Gasteiger charge is -2.34. The van der Waals surface area contributed by atoms with E-state index in [0.717, 1.165) is 4.90 Å². The summed E-state index contributed by atoms with van der Waals surface area (Å²) in [6, 6.07) is 2.86. The van der Waals surface area contributed by atoms with Crippen LogP contribution < -0.4 is 21.0 Å². The van der Waals surface area contributed by atoms with Gasteiger partial charge in [-0.25, -0.2) is 9.59 Å². The number of imide groups is 1. The number of urea groups is 1. The molecular weight excluding hydrogens is 473 g/mol. The molecular formula is C22H28BN5O8. The molecule has 1 fully saturated rings. The van der Waals surface area contributed by atoms with Gasteiger partial charge in [-0.1, -0.05) is 18.7 Å². The third-order valence-corrected chi connectivity index (χ3v) is 6.05. The lowest BCUT2D eigenvalue weighted by atomic mass is 9.72. The van der Waals surface area contributed by atoms with Crippen LogP contribution in [0, 0.1) is 0 Å². The van der Waals surface area contributed by atoms with Crippen molar-refractivity contribution >= 4 is 36.8 Å². The van der Waals surface area contributed by atoms with Crippen LogP contribution in [-0.2, 0) is 20.8 Å². The van der Waals surface area contributed by atoms with E-state index in [-0.39, 0.29) is 49.4 Å². The highest BCUT2D eigenvalue weighted by Gasteiger charge is 2.39. The zero-order valence-corrected chi connectivity index (χ0v) is 19.7. The first-order valence-corrected chi connectivity index (χ1v) is 11.4. The van der Waals surface area contributed by atoms with Gasteiger partial charge in [0, 0.05) is 31.8 Å². The second-order valence-corrected chi connectivity index (χ2v) is 8.44. The number of rotatable bonds is 9. The van der Waals surface area contributed by atoms with Crippen LogP contribution in [-0.4, -0.2) is 88.4 Å². The van der Waals surface area contributed by atoms with Crippen molar-refractivity contribution in [1.29, 1.82) is 0 Å². The van der Waals surface area contributed by atoms with Crippen molar-refractivity contribution in [2.24, 2.45) is 5.73 Å². The van der Waals surface area contributed by atoms with Crippen molar-refractivity contribution in [3.8, 4) is 5.75 Å². The molecule has 0 bridgehead atoms. The van der Waals surface area contributed by atoms with Gasteiger partial charge in [-0.2, -0.15) is 0 Å². The largest absolute Gasteiger partial charge is 0.546 e. The summed E-state index contributed by atoms with van der Waals surface area (Å²) in [6.45, 7) is 6.17. The van der Waals surface area contributed by atoms with Crippen LogP contribution in [0.15, 0.2) is 30.5 Å². The molecule has 3 rings (SSSR count). The highest BCUT2D eigenvalue weighted by atomic mass is 16.5. The van der Waals surface area contributed by atoms with Crippen LogP contribution in [0.4, 0.5) is 4.79 Å². The van der Waals surface area contributed by atoms with Gasteiger partial charge in [0.1, 0.15) is 5.75 Å². The minimum absolute atomic E-state index is 0.00453. The Morgan fingerprint density at radius 2 is 2.00 bits per heavy atom. The van der Waals surface area contributed by atoms with Crippen LogP contribution >= 0.6 is 0 Å². The number of amides is 5. The van der Waals surface area contributed by atoms with Crippen molar-refractivity contribution in [1.82, 2.24) is 20.4 Å². The minimum Gasteiger partial charge on any atom is -0.534 e. The normalized spacial score (nSPS) is 18.2. The highest BCUT2D eigenvalue weighted by molar-refractivity contribution is 6.46. The molecule has 2 aliphatic rings. The number of benzene rings is 1. The molecule has 2 atom stereocenters. The zero-order chi connectivity index (χ0) is 26.6. The SMILES string of the molecule is C=C(NC1Cc2cccc(C(=O)O)c2OB1O)C(CCC(N)=O)NC(=O)N1CCN(CC)C(=O)C1=O. The van der Waals surface area contributed by atoms with Crippen LogP contribution in [0.3, 0.4) is 0 Å². The van der Waals surface area contributed by atoms with Crippen LogP contribution in [0.2, 0.25) is 0 Å². The lowest BCUT2D eigenvalue weighted by molar-refractivity contribution is -0.153. The first-order chi connectivity index (χ1) is 17.0. The molecule has 13 nitrogen and oxygen atoms in total. The third kappa shape index (κ3) is 5.76. The van der Waals surface area contributed by atoms with Gasteiger partial charge in [0.15, 0.2) is 0 Å². The summed E-state index contributed by atoms with van der Waals surface area (Å²) in [5.41, 5.74) is 5.91. The lowest BCUT2D eigenvalue weighted by Crippen LogP contribution is -2.60. The summed E-state index contributed by atoms with van der Waals surface area (Å²) < 4.78 is 5.45. The number of carboxylic acids is 1. The molecule has 192 valence electrons. The molecule has 14 heteroatoms. The zero-order valence-electron chi connectivity index (χ0n) is 19.7. The van der Waals surface area contributed by atoms with Crippen molar-refractivity contribution < 1.29 is 38.8 Å². The van der Waals surface area contributed by atoms with Gasteiger partial charge < -0.3 is 36.1 Å². The number of para-hydroxylation sites is 1. The monoisotopic (exact) mass is 501 g/mol. The number of piperazine rings is 1. The molecule has 1 saturated heterocycles. The Kier molecular flexibility index (Phi) is 8.20. The first kappa shape index (κ1) is 26.5. The first-order valence-electron chi connectivity index (χ1n) is 11.4. The van der Waals surface area contributed by atoms with E-state index in [1.807, 2.05) is 0 Å². The fraction of sp³-hybridized carbons (Fsp3) is 0.409. The summed E-state index contributed by atoms with van der Waals surface area (Å²) in [7, 11) is -1.44. The Hall–Kier alpha value is -4.07. The van der Waals surface area contributed by atoms with Gasteiger partial charge in [0.25, 0.3) is 0 Å². The standard InChI is InChI=1S/C22H28BN5O8/c1-3-27-9-10-28(20(31)19(27)30)22(34)26-15(7-8-17(24)29)12(2)25-16-11-13-5-4-6-14(21(32)33)18(13)36-23(16)35/h4-6,15-16,25,35H,2-3,7-11H2,1H3,(H2,24,29)(H,26,34)(H,32,33). The van der Waals surface area contributed by atoms with Gasteiger partial charge in [-0.15, -0.1) is 0 Å². The average Bonchev–Trinajstić information content (AvgIpc) is 2.83. The number of carboxylic acid groups (broad SMARTS) is 1. The maximum absolute atomic E-state index is 12.8. The number of likely N-dealkylation sites (N-methyl/N-ethyl adjacent to an activating group) is 1. The summed E-state index contributed by atoms with van der Waals surface area (Å²) in [6.07, 6.45) is 0.100. The van der Waals surface area contributed by atoms with E-state index in [1.54, 1.807) is 19.1 Å². The number of carbonyl (C=O) groups excluding carboxylic acids is 4. The second-order valence-electron chi connectivity index (χ2n) is 8.44. The number of nitrogens with one attached hydrogen (secondary N) is 2. The molecule has 0 spiro atoms. The van der Waals surface area contributed by atoms with E-state index in [1.165, 1.54) is 11.0 Å².